The van der Waals surface area contributed by atoms with Gasteiger partial charge in [-0.15, -0.1) is 0 Å². The number of benzene rings is 1. The fourth-order valence-electron chi connectivity index (χ4n) is 3.02. The minimum atomic E-state index is -3.85. The average Bonchev–Trinajstić information content (AvgIpc) is 3.35. The highest BCUT2D eigenvalue weighted by molar-refractivity contribution is 7.89. The molecule has 0 unspecified atom stereocenters. The predicted octanol–water partition coefficient (Wildman–Crippen LogP) is 2.66. The van der Waals surface area contributed by atoms with Crippen molar-refractivity contribution in [1.82, 2.24) is 20.2 Å². The first-order chi connectivity index (χ1) is 14.3. The lowest BCUT2D eigenvalue weighted by atomic mass is 10.1. The van der Waals surface area contributed by atoms with Gasteiger partial charge in [0, 0.05) is 17.7 Å². The molecule has 3 heterocycles. The van der Waals surface area contributed by atoms with Gasteiger partial charge in [0.1, 0.15) is 17.9 Å². The van der Waals surface area contributed by atoms with E-state index in [4.69, 9.17) is 14.3 Å². The Kier molecular flexibility index (Phi) is 5.14. The van der Waals surface area contributed by atoms with Gasteiger partial charge in [0.05, 0.1) is 34.6 Å². The van der Waals surface area contributed by atoms with E-state index >= 15 is 0 Å². The summed E-state index contributed by atoms with van der Waals surface area (Å²) in [5.74, 6) is 1.08. The molecule has 0 amide bonds. The van der Waals surface area contributed by atoms with Crippen LogP contribution < -0.4 is 15.2 Å². The number of anilines is 1. The van der Waals surface area contributed by atoms with Crippen molar-refractivity contribution in [2.24, 2.45) is 5.14 Å². The van der Waals surface area contributed by atoms with Gasteiger partial charge in [0.15, 0.2) is 5.65 Å². The van der Waals surface area contributed by atoms with E-state index in [1.54, 1.807) is 24.7 Å². The van der Waals surface area contributed by atoms with Crippen LogP contribution in [0.15, 0.2) is 52.4 Å². The summed E-state index contributed by atoms with van der Waals surface area (Å²) in [5, 5.41) is 16.4. The van der Waals surface area contributed by atoms with Crippen molar-refractivity contribution in [1.29, 1.82) is 0 Å². The number of nitrogens with two attached hydrogens (primary N) is 1. The van der Waals surface area contributed by atoms with E-state index in [-0.39, 0.29) is 17.5 Å². The van der Waals surface area contributed by atoms with Crippen LogP contribution in [0.4, 0.5) is 5.82 Å². The van der Waals surface area contributed by atoms with Crippen LogP contribution in [0.25, 0.3) is 22.3 Å². The van der Waals surface area contributed by atoms with Gasteiger partial charge in [-0.25, -0.2) is 23.5 Å². The third-order valence-electron chi connectivity index (χ3n) is 4.33. The number of aromatic nitrogens is 4. The van der Waals surface area contributed by atoms with Crippen LogP contribution in [0.1, 0.15) is 19.4 Å². The van der Waals surface area contributed by atoms with Gasteiger partial charge in [-0.1, -0.05) is 0 Å². The number of fused-ring (bicyclic) bond motifs is 1. The van der Waals surface area contributed by atoms with Crippen LogP contribution in [0.2, 0.25) is 0 Å². The predicted molar refractivity (Wildman–Crippen MR) is 110 cm³/mol. The van der Waals surface area contributed by atoms with Crippen LogP contribution in [0, 0.1) is 0 Å². The first-order valence-corrected chi connectivity index (χ1v) is 10.7. The van der Waals surface area contributed by atoms with E-state index in [2.05, 4.69) is 25.5 Å². The summed E-state index contributed by atoms with van der Waals surface area (Å²) in [6.45, 7) is 4.02. The minimum absolute atomic E-state index is 0.00522. The zero-order chi connectivity index (χ0) is 21.3. The van der Waals surface area contributed by atoms with E-state index in [9.17, 15) is 8.42 Å². The molecule has 0 saturated carbocycles. The van der Waals surface area contributed by atoms with Crippen LogP contribution in [0.5, 0.6) is 5.75 Å². The Bertz CT molecular complexity index is 1280. The van der Waals surface area contributed by atoms with Crippen molar-refractivity contribution in [3.8, 4) is 17.0 Å². The second-order valence-corrected chi connectivity index (χ2v) is 8.43. The number of nitrogens with zero attached hydrogens (tertiary/aromatic N) is 3. The number of furan rings is 1. The molecule has 0 aliphatic carbocycles. The van der Waals surface area contributed by atoms with E-state index in [1.807, 2.05) is 13.8 Å². The number of H-pyrrole nitrogens is 1. The summed E-state index contributed by atoms with van der Waals surface area (Å²) in [4.78, 5) is 8.52. The topological polar surface area (TPSA) is 149 Å². The fraction of sp³-hybridized carbons (Fsp3) is 0.211. The third kappa shape index (κ3) is 3.98. The molecule has 0 fully saturated rings. The van der Waals surface area contributed by atoms with E-state index in [1.165, 1.54) is 18.5 Å². The maximum Gasteiger partial charge on any atom is 0.238 e. The molecule has 0 saturated heterocycles. The Morgan fingerprint density at radius 1 is 1.27 bits per heavy atom. The first kappa shape index (κ1) is 19.9. The minimum Gasteiger partial charge on any atom is -0.491 e. The van der Waals surface area contributed by atoms with Crippen molar-refractivity contribution < 1.29 is 17.6 Å². The molecule has 0 aliphatic heterocycles. The van der Waals surface area contributed by atoms with Gasteiger partial charge in [-0.2, -0.15) is 5.10 Å². The molecule has 10 nitrogen and oxygen atoms in total. The van der Waals surface area contributed by atoms with Crippen molar-refractivity contribution in [3.05, 3.63) is 48.7 Å². The van der Waals surface area contributed by atoms with Crippen molar-refractivity contribution >= 4 is 26.9 Å². The normalized spacial score (nSPS) is 11.9. The zero-order valence-electron chi connectivity index (χ0n) is 16.3. The first-order valence-electron chi connectivity index (χ1n) is 9.11. The van der Waals surface area contributed by atoms with Gasteiger partial charge >= 0.3 is 0 Å². The molecule has 4 aromatic rings. The molecule has 0 atom stereocenters. The number of primary sulfonamides is 1. The number of hydrogen-bond donors (Lipinski definition) is 3. The van der Waals surface area contributed by atoms with Crippen molar-refractivity contribution in [2.75, 3.05) is 5.32 Å². The Labute approximate surface area is 172 Å². The Morgan fingerprint density at radius 2 is 2.10 bits per heavy atom. The van der Waals surface area contributed by atoms with Crippen LogP contribution in [0.3, 0.4) is 0 Å². The lowest BCUT2D eigenvalue weighted by Crippen LogP contribution is -2.14. The standard InChI is InChI=1S/C19H20N6O4S/c1-11(2)29-15-4-3-14(30(20,26)27)7-13(15)8-21-18-16-17(12-5-6-28-9-12)24-25-19(16)23-10-22-18/h3-7,9-11H,8H2,1-2H3,(H2,20,26,27)(H2,21,22,23,24,25). The number of ether oxygens (including phenoxy) is 1. The highest BCUT2D eigenvalue weighted by Crippen LogP contribution is 2.31. The summed E-state index contributed by atoms with van der Waals surface area (Å²) in [6.07, 6.45) is 4.47. The quantitative estimate of drug-likeness (QED) is 0.407. The van der Waals surface area contributed by atoms with E-state index in [0.717, 1.165) is 5.56 Å². The van der Waals surface area contributed by atoms with Crippen LogP contribution in [-0.4, -0.2) is 34.7 Å². The molecule has 0 bridgehead atoms. The van der Waals surface area contributed by atoms with E-state index < -0.39 is 10.0 Å². The van der Waals surface area contributed by atoms with Crippen molar-refractivity contribution in [3.63, 3.8) is 0 Å². The molecule has 0 radical (unpaired) electrons. The van der Waals surface area contributed by atoms with E-state index in [0.29, 0.717) is 33.9 Å². The molecule has 4 rings (SSSR count). The molecular formula is C19H20N6O4S. The SMILES string of the molecule is CC(C)Oc1ccc(S(N)(=O)=O)cc1CNc1ncnc2n[nH]c(-c3ccoc3)c12. The zero-order valence-corrected chi connectivity index (χ0v) is 17.1. The largest absolute Gasteiger partial charge is 0.491 e. The highest BCUT2D eigenvalue weighted by Gasteiger charge is 2.17. The Morgan fingerprint density at radius 3 is 2.80 bits per heavy atom. The van der Waals surface area contributed by atoms with Gasteiger partial charge in [0.2, 0.25) is 10.0 Å². The molecule has 3 aromatic heterocycles. The number of rotatable bonds is 7. The molecule has 30 heavy (non-hydrogen) atoms. The molecular weight excluding hydrogens is 408 g/mol. The molecule has 11 heteroatoms. The molecule has 156 valence electrons. The second-order valence-electron chi connectivity index (χ2n) is 6.87. The molecule has 4 N–H and O–H groups in total. The van der Waals surface area contributed by atoms with Crippen molar-refractivity contribution in [2.45, 2.75) is 31.4 Å². The lowest BCUT2D eigenvalue weighted by Gasteiger charge is -2.16. The fourth-order valence-corrected chi connectivity index (χ4v) is 3.59. The molecule has 0 aliphatic rings. The lowest BCUT2D eigenvalue weighted by molar-refractivity contribution is 0.240. The highest BCUT2D eigenvalue weighted by atomic mass is 32.2. The van der Waals surface area contributed by atoms with Crippen LogP contribution in [-0.2, 0) is 16.6 Å². The van der Waals surface area contributed by atoms with Gasteiger partial charge in [-0.3, -0.25) is 5.10 Å². The molecule has 0 spiro atoms. The summed E-state index contributed by atoms with van der Waals surface area (Å²) in [6, 6.07) is 6.31. The second kappa shape index (κ2) is 7.76. The monoisotopic (exact) mass is 428 g/mol. The number of sulfonamides is 1. The summed E-state index contributed by atoms with van der Waals surface area (Å²) < 4.78 is 34.5. The summed E-state index contributed by atoms with van der Waals surface area (Å²) in [5.41, 5.74) is 2.62. The third-order valence-corrected chi connectivity index (χ3v) is 5.24. The summed E-state index contributed by atoms with van der Waals surface area (Å²) in [7, 11) is -3.85. The number of aromatic amines is 1. The van der Waals surface area contributed by atoms with Gasteiger partial charge < -0.3 is 14.5 Å². The van der Waals surface area contributed by atoms with Gasteiger partial charge in [0.25, 0.3) is 0 Å². The Balaban J connectivity index is 1.71. The Hall–Kier alpha value is -3.44. The summed E-state index contributed by atoms with van der Waals surface area (Å²) >= 11 is 0. The smallest absolute Gasteiger partial charge is 0.238 e. The molecule has 1 aromatic carbocycles. The maximum atomic E-state index is 11.8. The number of hydrogen-bond acceptors (Lipinski definition) is 8. The van der Waals surface area contributed by atoms with Crippen LogP contribution >= 0.6 is 0 Å². The number of nitrogens with one attached hydrogen (secondary N) is 2. The van der Waals surface area contributed by atoms with Gasteiger partial charge in [-0.05, 0) is 38.1 Å². The average molecular weight is 428 g/mol. The maximum absolute atomic E-state index is 11.8.